The molecule has 0 bridgehead atoms. The van der Waals surface area contributed by atoms with Crippen LogP contribution in [0.3, 0.4) is 0 Å². The van der Waals surface area contributed by atoms with Crippen molar-refractivity contribution in [2.45, 2.75) is 6.92 Å². The van der Waals surface area contributed by atoms with Gasteiger partial charge < -0.3 is 10.2 Å². The first kappa shape index (κ1) is 12.5. The van der Waals surface area contributed by atoms with Crippen LogP contribution in [0.1, 0.15) is 15.9 Å². The van der Waals surface area contributed by atoms with Gasteiger partial charge in [0.15, 0.2) is 0 Å². The van der Waals surface area contributed by atoms with E-state index in [1.165, 1.54) is 4.90 Å². The van der Waals surface area contributed by atoms with Crippen LogP contribution in [0.5, 0.6) is 0 Å². The summed E-state index contributed by atoms with van der Waals surface area (Å²) >= 11 is 5.98. The highest BCUT2D eigenvalue weighted by molar-refractivity contribution is 6.32. The predicted octanol–water partition coefficient (Wildman–Crippen LogP) is 1.92. The van der Waals surface area contributed by atoms with Crippen LogP contribution >= 0.6 is 11.6 Å². The van der Waals surface area contributed by atoms with E-state index in [-0.39, 0.29) is 5.91 Å². The van der Waals surface area contributed by atoms with E-state index in [1.807, 2.05) is 0 Å². The molecule has 2 amide bonds. The standard InChI is InChI=1S/C11H13ClN2O2/c1-7-9(12)4-8(11(16)14(2)3)5-10(7)13-6-15/h4-6H,1-3H3,(H,13,15). The van der Waals surface area contributed by atoms with Crippen LogP contribution in [0.15, 0.2) is 12.1 Å². The van der Waals surface area contributed by atoms with E-state index < -0.39 is 0 Å². The molecule has 0 heterocycles. The predicted molar refractivity (Wildman–Crippen MR) is 63.9 cm³/mol. The largest absolute Gasteiger partial charge is 0.345 e. The van der Waals surface area contributed by atoms with E-state index in [4.69, 9.17) is 11.6 Å². The smallest absolute Gasteiger partial charge is 0.253 e. The van der Waals surface area contributed by atoms with Crippen LogP contribution in [0, 0.1) is 6.92 Å². The summed E-state index contributed by atoms with van der Waals surface area (Å²) in [4.78, 5) is 23.6. The van der Waals surface area contributed by atoms with Gasteiger partial charge in [-0.05, 0) is 24.6 Å². The summed E-state index contributed by atoms with van der Waals surface area (Å²) < 4.78 is 0. The minimum absolute atomic E-state index is 0.157. The number of hydrogen-bond donors (Lipinski definition) is 1. The van der Waals surface area contributed by atoms with Gasteiger partial charge in [-0.15, -0.1) is 0 Å². The molecule has 1 N–H and O–H groups in total. The summed E-state index contributed by atoms with van der Waals surface area (Å²) in [6.07, 6.45) is 0.558. The van der Waals surface area contributed by atoms with Crippen LogP contribution < -0.4 is 5.32 Å². The number of nitrogens with one attached hydrogen (secondary N) is 1. The first-order chi connectivity index (χ1) is 7.47. The lowest BCUT2D eigenvalue weighted by Crippen LogP contribution is -2.21. The van der Waals surface area contributed by atoms with Crippen molar-refractivity contribution in [3.05, 3.63) is 28.3 Å². The van der Waals surface area contributed by atoms with E-state index in [9.17, 15) is 9.59 Å². The number of benzene rings is 1. The molecule has 5 heteroatoms. The molecule has 0 aliphatic heterocycles. The molecule has 0 aromatic heterocycles. The summed E-state index contributed by atoms with van der Waals surface area (Å²) in [6.45, 7) is 1.78. The van der Waals surface area contributed by atoms with Crippen LogP contribution in [-0.4, -0.2) is 31.3 Å². The molecule has 86 valence electrons. The molecular weight excluding hydrogens is 228 g/mol. The normalized spacial score (nSPS) is 9.75. The van der Waals surface area contributed by atoms with Gasteiger partial charge in [0.25, 0.3) is 5.91 Å². The van der Waals surface area contributed by atoms with Crippen molar-refractivity contribution in [1.29, 1.82) is 0 Å². The average Bonchev–Trinajstić information content (AvgIpc) is 2.23. The fourth-order valence-corrected chi connectivity index (χ4v) is 1.49. The average molecular weight is 241 g/mol. The number of nitrogens with zero attached hydrogens (tertiary/aromatic N) is 1. The Hall–Kier alpha value is -1.55. The molecule has 0 aliphatic carbocycles. The third kappa shape index (κ3) is 2.52. The van der Waals surface area contributed by atoms with Crippen molar-refractivity contribution in [3.8, 4) is 0 Å². The molecule has 4 nitrogen and oxygen atoms in total. The van der Waals surface area contributed by atoms with Gasteiger partial charge in [-0.1, -0.05) is 11.6 Å². The lowest BCUT2D eigenvalue weighted by molar-refractivity contribution is -0.105. The maximum atomic E-state index is 11.7. The van der Waals surface area contributed by atoms with Gasteiger partial charge in [0.05, 0.1) is 0 Å². The summed E-state index contributed by atoms with van der Waals surface area (Å²) in [6, 6.07) is 3.20. The summed E-state index contributed by atoms with van der Waals surface area (Å²) in [7, 11) is 3.31. The zero-order valence-electron chi connectivity index (χ0n) is 9.37. The molecule has 0 radical (unpaired) electrons. The van der Waals surface area contributed by atoms with Crippen molar-refractivity contribution in [2.24, 2.45) is 0 Å². The second-order valence-corrected chi connectivity index (χ2v) is 4.00. The van der Waals surface area contributed by atoms with Crippen molar-refractivity contribution >= 4 is 29.6 Å². The van der Waals surface area contributed by atoms with Crippen molar-refractivity contribution in [2.75, 3.05) is 19.4 Å². The molecule has 0 saturated carbocycles. The zero-order chi connectivity index (χ0) is 12.3. The number of amides is 2. The van der Waals surface area contributed by atoms with Crippen LogP contribution in [0.25, 0.3) is 0 Å². The zero-order valence-corrected chi connectivity index (χ0v) is 10.1. The van der Waals surface area contributed by atoms with Crippen molar-refractivity contribution in [1.82, 2.24) is 4.90 Å². The maximum absolute atomic E-state index is 11.7. The molecule has 0 aliphatic rings. The number of rotatable bonds is 3. The Balaban J connectivity index is 3.23. The van der Waals surface area contributed by atoms with Gasteiger partial charge in [0, 0.05) is 30.4 Å². The fourth-order valence-electron chi connectivity index (χ4n) is 1.27. The third-order valence-corrected chi connectivity index (χ3v) is 2.60. The van der Waals surface area contributed by atoms with Gasteiger partial charge in [0.1, 0.15) is 0 Å². The first-order valence-electron chi connectivity index (χ1n) is 4.69. The Morgan fingerprint density at radius 3 is 2.56 bits per heavy atom. The summed E-state index contributed by atoms with van der Waals surface area (Å²) in [5.41, 5.74) is 1.74. The molecule has 1 rings (SSSR count). The maximum Gasteiger partial charge on any atom is 0.253 e. The Morgan fingerprint density at radius 2 is 2.06 bits per heavy atom. The van der Waals surface area contributed by atoms with Crippen LogP contribution in [0.4, 0.5) is 5.69 Å². The van der Waals surface area contributed by atoms with Crippen LogP contribution in [-0.2, 0) is 4.79 Å². The van der Waals surface area contributed by atoms with Gasteiger partial charge in [-0.2, -0.15) is 0 Å². The lowest BCUT2D eigenvalue weighted by atomic mass is 10.1. The summed E-state index contributed by atoms with van der Waals surface area (Å²) in [5.74, 6) is -0.157. The van der Waals surface area contributed by atoms with E-state index >= 15 is 0 Å². The highest BCUT2D eigenvalue weighted by Gasteiger charge is 2.12. The highest BCUT2D eigenvalue weighted by Crippen LogP contribution is 2.25. The third-order valence-electron chi connectivity index (χ3n) is 2.21. The second-order valence-electron chi connectivity index (χ2n) is 3.59. The van der Waals surface area contributed by atoms with Gasteiger partial charge in [-0.25, -0.2) is 0 Å². The highest BCUT2D eigenvalue weighted by atomic mass is 35.5. The summed E-state index contributed by atoms with van der Waals surface area (Å²) in [5, 5.41) is 2.97. The molecule has 0 spiro atoms. The van der Waals surface area contributed by atoms with Gasteiger partial charge in [0.2, 0.25) is 6.41 Å². The number of halogens is 1. The monoisotopic (exact) mass is 240 g/mol. The Morgan fingerprint density at radius 1 is 1.44 bits per heavy atom. The molecule has 0 unspecified atom stereocenters. The number of carbonyl (C=O) groups is 2. The Labute approximate surface area is 99.2 Å². The molecule has 0 atom stereocenters. The van der Waals surface area contributed by atoms with E-state index in [0.717, 1.165) is 5.56 Å². The van der Waals surface area contributed by atoms with E-state index in [0.29, 0.717) is 22.7 Å². The number of hydrogen-bond acceptors (Lipinski definition) is 2. The molecule has 1 aromatic rings. The molecule has 0 fully saturated rings. The Bertz CT molecular complexity index is 430. The van der Waals surface area contributed by atoms with Gasteiger partial charge in [-0.3, -0.25) is 9.59 Å². The second kappa shape index (κ2) is 4.99. The van der Waals surface area contributed by atoms with Gasteiger partial charge >= 0.3 is 0 Å². The minimum Gasteiger partial charge on any atom is -0.345 e. The minimum atomic E-state index is -0.157. The lowest BCUT2D eigenvalue weighted by Gasteiger charge is -2.13. The topological polar surface area (TPSA) is 49.4 Å². The number of carbonyl (C=O) groups excluding carboxylic acids is 2. The van der Waals surface area contributed by atoms with Crippen LogP contribution in [0.2, 0.25) is 5.02 Å². The molecule has 0 saturated heterocycles. The van der Waals surface area contributed by atoms with Crippen molar-refractivity contribution < 1.29 is 9.59 Å². The fraction of sp³-hybridized carbons (Fsp3) is 0.273. The van der Waals surface area contributed by atoms with E-state index in [2.05, 4.69) is 5.32 Å². The Kier molecular flexibility index (Phi) is 3.90. The van der Waals surface area contributed by atoms with E-state index in [1.54, 1.807) is 33.2 Å². The quantitative estimate of drug-likeness (QED) is 0.821. The molecular formula is C11H13ClN2O2. The molecule has 16 heavy (non-hydrogen) atoms. The van der Waals surface area contributed by atoms with Crippen molar-refractivity contribution in [3.63, 3.8) is 0 Å². The molecule has 1 aromatic carbocycles. The number of anilines is 1. The SMILES string of the molecule is Cc1c(Cl)cc(C(=O)N(C)C)cc1NC=O. The first-order valence-corrected chi connectivity index (χ1v) is 5.07.